The third-order valence-electron chi connectivity index (χ3n) is 5.32. The predicted molar refractivity (Wildman–Crippen MR) is 88.1 cm³/mol. The zero-order valence-corrected chi connectivity index (χ0v) is 14.0. The fourth-order valence-corrected chi connectivity index (χ4v) is 3.75. The Kier molecular flexibility index (Phi) is 4.16. The molecule has 0 bridgehead atoms. The van der Waals surface area contributed by atoms with Crippen molar-refractivity contribution in [2.75, 3.05) is 19.8 Å². The molecule has 0 unspecified atom stereocenters. The summed E-state index contributed by atoms with van der Waals surface area (Å²) in [6.07, 6.45) is 4.42. The Balaban J connectivity index is 1.84. The van der Waals surface area contributed by atoms with Gasteiger partial charge in [0.25, 0.3) is 5.91 Å². The Labute approximate surface area is 138 Å². The average molecular weight is 312 g/mol. The average Bonchev–Trinajstić information content (AvgIpc) is 3.03. The third-order valence-corrected chi connectivity index (χ3v) is 5.32. The number of carbonyl (C=O) groups is 1. The number of benzene rings is 1. The van der Waals surface area contributed by atoms with E-state index in [0.29, 0.717) is 25.3 Å². The van der Waals surface area contributed by atoms with Crippen LogP contribution in [0.4, 0.5) is 0 Å². The first-order valence-electron chi connectivity index (χ1n) is 8.40. The molecule has 4 nitrogen and oxygen atoms in total. The molecule has 0 atom stereocenters. The normalized spacial score (nSPS) is 20.5. The smallest absolute Gasteiger partial charge is 0.254 e. The number of amides is 1. The molecule has 0 aromatic heterocycles. The van der Waals surface area contributed by atoms with Crippen LogP contribution in [0, 0.1) is 11.3 Å². The van der Waals surface area contributed by atoms with Gasteiger partial charge in [-0.15, -0.1) is 0 Å². The zero-order chi connectivity index (χ0) is 16.5. The van der Waals surface area contributed by atoms with Gasteiger partial charge in [0.1, 0.15) is 0 Å². The highest BCUT2D eigenvalue weighted by Crippen LogP contribution is 2.38. The van der Waals surface area contributed by atoms with Gasteiger partial charge in [-0.2, -0.15) is 5.26 Å². The highest BCUT2D eigenvalue weighted by atomic mass is 16.5. The van der Waals surface area contributed by atoms with Crippen molar-refractivity contribution in [3.05, 3.63) is 35.4 Å². The van der Waals surface area contributed by atoms with Crippen molar-refractivity contribution in [2.45, 2.75) is 50.5 Å². The van der Waals surface area contributed by atoms with Gasteiger partial charge in [-0.3, -0.25) is 4.79 Å². The molecule has 1 spiro atoms. The second-order valence-electron chi connectivity index (χ2n) is 7.25. The lowest BCUT2D eigenvalue weighted by atomic mass is 9.86. The molecule has 1 saturated heterocycles. The summed E-state index contributed by atoms with van der Waals surface area (Å²) in [6, 6.07) is 9.81. The van der Waals surface area contributed by atoms with E-state index in [1.165, 1.54) is 12.8 Å². The van der Waals surface area contributed by atoms with Crippen LogP contribution in [-0.2, 0) is 10.2 Å². The number of ether oxygens (including phenoxy) is 1. The van der Waals surface area contributed by atoms with Crippen molar-refractivity contribution in [3.63, 3.8) is 0 Å². The highest BCUT2D eigenvalue weighted by molar-refractivity contribution is 5.95. The standard InChI is InChI=1S/C19H24N2O2/c1-18(2,13-20)16-7-5-15(6-8-16)17(22)21-11-12-23-14-19(21)9-3-4-10-19/h5-8H,3-4,9-12,14H2,1-2H3. The number of nitriles is 1. The number of hydrogen-bond donors (Lipinski definition) is 0. The molecule has 2 aliphatic rings. The molecule has 0 radical (unpaired) electrons. The molecular weight excluding hydrogens is 288 g/mol. The lowest BCUT2D eigenvalue weighted by molar-refractivity contribution is -0.0502. The van der Waals surface area contributed by atoms with Crippen LogP contribution in [0.25, 0.3) is 0 Å². The van der Waals surface area contributed by atoms with Crippen molar-refractivity contribution < 1.29 is 9.53 Å². The topological polar surface area (TPSA) is 53.3 Å². The van der Waals surface area contributed by atoms with Gasteiger partial charge >= 0.3 is 0 Å². The zero-order valence-electron chi connectivity index (χ0n) is 14.0. The molecule has 1 aliphatic heterocycles. The largest absolute Gasteiger partial charge is 0.377 e. The third kappa shape index (κ3) is 2.86. The molecule has 23 heavy (non-hydrogen) atoms. The summed E-state index contributed by atoms with van der Waals surface area (Å²) in [5.41, 5.74) is 1.01. The molecule has 0 N–H and O–H groups in total. The van der Waals surface area contributed by atoms with Gasteiger partial charge in [0.05, 0.1) is 30.2 Å². The minimum absolute atomic E-state index is 0.0940. The maximum Gasteiger partial charge on any atom is 0.254 e. The van der Waals surface area contributed by atoms with Crippen LogP contribution < -0.4 is 0 Å². The second-order valence-corrected chi connectivity index (χ2v) is 7.25. The molecule has 1 aromatic rings. The molecule has 1 aliphatic carbocycles. The van der Waals surface area contributed by atoms with Gasteiger partial charge in [-0.05, 0) is 44.4 Å². The van der Waals surface area contributed by atoms with Crippen molar-refractivity contribution in [2.24, 2.45) is 0 Å². The SMILES string of the molecule is CC(C)(C#N)c1ccc(C(=O)N2CCOCC23CCCC3)cc1. The van der Waals surface area contributed by atoms with Crippen LogP contribution in [0.2, 0.25) is 0 Å². The summed E-state index contributed by atoms with van der Waals surface area (Å²) >= 11 is 0. The van der Waals surface area contributed by atoms with E-state index < -0.39 is 5.41 Å². The van der Waals surface area contributed by atoms with E-state index in [1.807, 2.05) is 43.0 Å². The van der Waals surface area contributed by atoms with E-state index in [4.69, 9.17) is 4.74 Å². The predicted octanol–water partition coefficient (Wildman–Crippen LogP) is 3.27. The van der Waals surface area contributed by atoms with Crippen molar-refractivity contribution >= 4 is 5.91 Å². The Hall–Kier alpha value is -1.86. The summed E-state index contributed by atoms with van der Waals surface area (Å²) in [7, 11) is 0. The summed E-state index contributed by atoms with van der Waals surface area (Å²) in [4.78, 5) is 15.0. The molecule has 1 aromatic carbocycles. The van der Waals surface area contributed by atoms with Gasteiger partial charge in [-0.25, -0.2) is 0 Å². The quantitative estimate of drug-likeness (QED) is 0.842. The van der Waals surface area contributed by atoms with E-state index in [0.717, 1.165) is 18.4 Å². The van der Waals surface area contributed by atoms with E-state index >= 15 is 0 Å². The first kappa shape index (κ1) is 16.0. The molecule has 4 heteroatoms. The van der Waals surface area contributed by atoms with Crippen LogP contribution in [0.3, 0.4) is 0 Å². The Morgan fingerprint density at radius 1 is 1.26 bits per heavy atom. The summed E-state index contributed by atoms with van der Waals surface area (Å²) in [5.74, 6) is 0.0940. The molecule has 3 rings (SSSR count). The van der Waals surface area contributed by atoms with E-state index in [2.05, 4.69) is 6.07 Å². The van der Waals surface area contributed by atoms with E-state index in [9.17, 15) is 10.1 Å². The number of morpholine rings is 1. The maximum absolute atomic E-state index is 13.0. The fraction of sp³-hybridized carbons (Fsp3) is 0.579. The van der Waals surface area contributed by atoms with Gasteiger partial charge in [0.15, 0.2) is 0 Å². The van der Waals surface area contributed by atoms with E-state index in [1.54, 1.807) is 0 Å². The molecule has 1 heterocycles. The summed E-state index contributed by atoms with van der Waals surface area (Å²) in [5, 5.41) is 9.23. The summed E-state index contributed by atoms with van der Waals surface area (Å²) < 4.78 is 5.67. The first-order chi connectivity index (χ1) is 11.0. The molecule has 122 valence electrons. The lowest BCUT2D eigenvalue weighted by Gasteiger charge is -2.44. The van der Waals surface area contributed by atoms with Crippen LogP contribution in [0.5, 0.6) is 0 Å². The number of carbonyl (C=O) groups excluding carboxylic acids is 1. The minimum Gasteiger partial charge on any atom is -0.377 e. The molecule has 1 amide bonds. The van der Waals surface area contributed by atoms with Gasteiger partial charge in [0, 0.05) is 12.1 Å². The molecular formula is C19H24N2O2. The molecule has 1 saturated carbocycles. The summed E-state index contributed by atoms with van der Waals surface area (Å²) in [6.45, 7) is 5.73. The Morgan fingerprint density at radius 2 is 1.91 bits per heavy atom. The lowest BCUT2D eigenvalue weighted by Crippen LogP contribution is -2.57. The fourth-order valence-electron chi connectivity index (χ4n) is 3.75. The Bertz CT molecular complexity index is 622. The second kappa shape index (κ2) is 5.98. The molecule has 2 fully saturated rings. The van der Waals surface area contributed by atoms with Crippen molar-refractivity contribution in [1.82, 2.24) is 4.90 Å². The van der Waals surface area contributed by atoms with Crippen molar-refractivity contribution in [1.29, 1.82) is 5.26 Å². The first-order valence-corrected chi connectivity index (χ1v) is 8.40. The highest BCUT2D eigenvalue weighted by Gasteiger charge is 2.44. The van der Waals surface area contributed by atoms with Crippen molar-refractivity contribution in [3.8, 4) is 6.07 Å². The van der Waals surface area contributed by atoms with Gasteiger partial charge in [-0.1, -0.05) is 25.0 Å². The van der Waals surface area contributed by atoms with Crippen LogP contribution in [0.1, 0.15) is 55.5 Å². The van der Waals surface area contributed by atoms with Crippen LogP contribution in [0.15, 0.2) is 24.3 Å². The Morgan fingerprint density at radius 3 is 2.52 bits per heavy atom. The maximum atomic E-state index is 13.0. The number of rotatable bonds is 2. The van der Waals surface area contributed by atoms with Crippen LogP contribution in [-0.4, -0.2) is 36.1 Å². The van der Waals surface area contributed by atoms with Gasteiger partial charge in [0.2, 0.25) is 0 Å². The van der Waals surface area contributed by atoms with E-state index in [-0.39, 0.29) is 11.4 Å². The van der Waals surface area contributed by atoms with Crippen LogP contribution >= 0.6 is 0 Å². The monoisotopic (exact) mass is 312 g/mol. The van der Waals surface area contributed by atoms with Gasteiger partial charge < -0.3 is 9.64 Å². The number of hydrogen-bond acceptors (Lipinski definition) is 3. The minimum atomic E-state index is -0.535. The number of nitrogens with zero attached hydrogens (tertiary/aromatic N) is 2.